The highest BCUT2D eigenvalue weighted by Gasteiger charge is 2.13. The first kappa shape index (κ1) is 17.1. The number of carbonyl (C=O) groups is 2. The SMILES string of the molecule is Cc1cc(C(=O)NNC(=O)/C=C/c2ccc(Cl)cc2Cl)c(C)o1. The Balaban J connectivity index is 1.93. The van der Waals surface area contributed by atoms with Gasteiger partial charge in [0.05, 0.1) is 5.56 Å². The monoisotopic (exact) mass is 352 g/mol. The number of halogens is 2. The molecule has 0 aliphatic heterocycles. The molecule has 7 heteroatoms. The predicted octanol–water partition coefficient (Wildman–Crippen LogP) is 3.68. The molecule has 1 heterocycles. The Bertz CT molecular complexity index is 782. The molecule has 0 spiro atoms. The molecular weight excluding hydrogens is 339 g/mol. The lowest BCUT2D eigenvalue weighted by Crippen LogP contribution is -2.40. The standard InChI is InChI=1S/C16H14Cl2N2O3/c1-9-7-13(10(2)23-9)16(22)20-19-15(21)6-4-11-3-5-12(17)8-14(11)18/h3-8H,1-2H3,(H,19,21)(H,20,22)/b6-4+. The van der Waals surface area contributed by atoms with Crippen molar-refractivity contribution in [2.45, 2.75) is 13.8 Å². The lowest BCUT2D eigenvalue weighted by Gasteiger charge is -2.04. The Morgan fingerprint density at radius 3 is 2.48 bits per heavy atom. The fourth-order valence-electron chi connectivity index (χ4n) is 1.89. The first-order valence-corrected chi connectivity index (χ1v) is 7.43. The average Bonchev–Trinajstić information content (AvgIpc) is 2.82. The Labute approximate surface area is 143 Å². The highest BCUT2D eigenvalue weighted by atomic mass is 35.5. The lowest BCUT2D eigenvalue weighted by atomic mass is 10.2. The van der Waals surface area contributed by atoms with Crippen LogP contribution in [-0.2, 0) is 4.79 Å². The van der Waals surface area contributed by atoms with Crippen LogP contribution in [0.5, 0.6) is 0 Å². The molecule has 0 atom stereocenters. The second-order valence-electron chi connectivity index (χ2n) is 4.77. The third-order valence-electron chi connectivity index (χ3n) is 2.96. The Morgan fingerprint density at radius 1 is 1.13 bits per heavy atom. The van der Waals surface area contributed by atoms with Crippen LogP contribution in [0.3, 0.4) is 0 Å². The third-order valence-corrected chi connectivity index (χ3v) is 3.52. The number of nitrogens with one attached hydrogen (secondary N) is 2. The molecule has 1 aromatic carbocycles. The molecule has 2 N–H and O–H groups in total. The summed E-state index contributed by atoms with van der Waals surface area (Å²) in [6, 6.07) is 6.52. The van der Waals surface area contributed by atoms with Gasteiger partial charge in [-0.05, 0) is 43.7 Å². The normalized spacial score (nSPS) is 10.8. The maximum atomic E-state index is 11.9. The van der Waals surface area contributed by atoms with Gasteiger partial charge in [0.2, 0.25) is 0 Å². The van der Waals surface area contributed by atoms with Crippen molar-refractivity contribution in [1.29, 1.82) is 0 Å². The van der Waals surface area contributed by atoms with Gasteiger partial charge in [0.1, 0.15) is 11.5 Å². The molecule has 0 saturated heterocycles. The summed E-state index contributed by atoms with van der Waals surface area (Å²) in [7, 11) is 0. The van der Waals surface area contributed by atoms with E-state index in [0.29, 0.717) is 32.7 Å². The predicted molar refractivity (Wildman–Crippen MR) is 89.3 cm³/mol. The largest absolute Gasteiger partial charge is 0.466 e. The molecule has 0 fully saturated rings. The zero-order valence-electron chi connectivity index (χ0n) is 12.4. The summed E-state index contributed by atoms with van der Waals surface area (Å²) in [6.07, 6.45) is 2.77. The second-order valence-corrected chi connectivity index (χ2v) is 5.61. The van der Waals surface area contributed by atoms with E-state index in [0.717, 1.165) is 0 Å². The molecule has 0 radical (unpaired) electrons. The van der Waals surface area contributed by atoms with Crippen LogP contribution in [0.25, 0.3) is 6.08 Å². The summed E-state index contributed by atoms with van der Waals surface area (Å²) in [5.41, 5.74) is 5.60. The molecule has 5 nitrogen and oxygen atoms in total. The van der Waals surface area contributed by atoms with Crippen LogP contribution in [0, 0.1) is 13.8 Å². The number of rotatable bonds is 3. The van der Waals surface area contributed by atoms with Crippen molar-refractivity contribution in [3.8, 4) is 0 Å². The summed E-state index contributed by atoms with van der Waals surface area (Å²) in [6.45, 7) is 3.41. The van der Waals surface area contributed by atoms with Gasteiger partial charge in [0.15, 0.2) is 0 Å². The van der Waals surface area contributed by atoms with Gasteiger partial charge in [-0.25, -0.2) is 0 Å². The molecule has 0 bridgehead atoms. The van der Waals surface area contributed by atoms with Gasteiger partial charge in [0, 0.05) is 16.1 Å². The van der Waals surface area contributed by atoms with Gasteiger partial charge in [0.25, 0.3) is 11.8 Å². The van der Waals surface area contributed by atoms with Crippen molar-refractivity contribution in [2.24, 2.45) is 0 Å². The van der Waals surface area contributed by atoms with E-state index < -0.39 is 11.8 Å². The van der Waals surface area contributed by atoms with Crippen molar-refractivity contribution in [1.82, 2.24) is 10.9 Å². The Morgan fingerprint density at radius 2 is 1.87 bits per heavy atom. The summed E-state index contributed by atoms with van der Waals surface area (Å²) in [4.78, 5) is 23.6. The minimum Gasteiger partial charge on any atom is -0.466 e. The van der Waals surface area contributed by atoms with Gasteiger partial charge in [-0.2, -0.15) is 0 Å². The summed E-state index contributed by atoms with van der Waals surface area (Å²) < 4.78 is 5.26. The highest BCUT2D eigenvalue weighted by molar-refractivity contribution is 6.35. The number of aryl methyl sites for hydroxylation is 2. The number of hydrogen-bond acceptors (Lipinski definition) is 3. The van der Waals surface area contributed by atoms with E-state index in [1.54, 1.807) is 38.1 Å². The number of hydrazine groups is 1. The van der Waals surface area contributed by atoms with Crippen LogP contribution in [-0.4, -0.2) is 11.8 Å². The molecule has 2 amide bonds. The molecule has 1 aromatic heterocycles. The van der Waals surface area contributed by atoms with E-state index in [1.165, 1.54) is 12.2 Å². The van der Waals surface area contributed by atoms with Crippen LogP contribution in [0.15, 0.2) is 34.8 Å². The lowest BCUT2D eigenvalue weighted by molar-refractivity contribution is -0.117. The van der Waals surface area contributed by atoms with Crippen molar-refractivity contribution in [2.75, 3.05) is 0 Å². The summed E-state index contributed by atoms with van der Waals surface area (Å²) >= 11 is 11.8. The quantitative estimate of drug-likeness (QED) is 0.653. The summed E-state index contributed by atoms with van der Waals surface area (Å²) in [5.74, 6) is 0.154. The molecule has 0 aliphatic rings. The van der Waals surface area contributed by atoms with Crippen LogP contribution in [0.2, 0.25) is 10.0 Å². The minimum atomic E-state index is -0.498. The molecule has 120 valence electrons. The fraction of sp³-hybridized carbons (Fsp3) is 0.125. The van der Waals surface area contributed by atoms with E-state index in [2.05, 4.69) is 10.9 Å². The van der Waals surface area contributed by atoms with Gasteiger partial charge >= 0.3 is 0 Å². The van der Waals surface area contributed by atoms with E-state index in [-0.39, 0.29) is 0 Å². The Hall–Kier alpha value is -2.24. The maximum Gasteiger partial charge on any atom is 0.273 e. The van der Waals surface area contributed by atoms with Gasteiger partial charge in [-0.3, -0.25) is 20.4 Å². The van der Waals surface area contributed by atoms with Crippen molar-refractivity contribution >= 4 is 41.1 Å². The van der Waals surface area contributed by atoms with E-state index >= 15 is 0 Å². The topological polar surface area (TPSA) is 71.3 Å². The second kappa shape index (κ2) is 7.35. The first-order chi connectivity index (χ1) is 10.9. The van der Waals surface area contributed by atoms with Gasteiger partial charge < -0.3 is 4.42 Å². The molecule has 23 heavy (non-hydrogen) atoms. The van der Waals surface area contributed by atoms with Crippen LogP contribution in [0.1, 0.15) is 27.4 Å². The van der Waals surface area contributed by atoms with E-state index in [1.807, 2.05) is 0 Å². The van der Waals surface area contributed by atoms with Gasteiger partial charge in [-0.15, -0.1) is 0 Å². The molecular formula is C16H14Cl2N2O3. The number of benzene rings is 1. The van der Waals surface area contributed by atoms with Crippen LogP contribution < -0.4 is 10.9 Å². The highest BCUT2D eigenvalue weighted by Crippen LogP contribution is 2.21. The van der Waals surface area contributed by atoms with Gasteiger partial charge in [-0.1, -0.05) is 29.3 Å². The van der Waals surface area contributed by atoms with E-state index in [4.69, 9.17) is 27.6 Å². The van der Waals surface area contributed by atoms with Crippen molar-refractivity contribution < 1.29 is 14.0 Å². The zero-order valence-corrected chi connectivity index (χ0v) is 14.0. The molecule has 0 aliphatic carbocycles. The fourth-order valence-corrected chi connectivity index (χ4v) is 2.36. The molecule has 0 saturated carbocycles. The number of hydrogen-bond donors (Lipinski definition) is 2. The molecule has 2 aromatic rings. The van der Waals surface area contributed by atoms with Crippen molar-refractivity contribution in [3.05, 3.63) is 63.0 Å². The van der Waals surface area contributed by atoms with Crippen LogP contribution in [0.4, 0.5) is 0 Å². The smallest absolute Gasteiger partial charge is 0.273 e. The first-order valence-electron chi connectivity index (χ1n) is 6.67. The summed E-state index contributed by atoms with van der Waals surface area (Å²) in [5, 5.41) is 0.935. The maximum absolute atomic E-state index is 11.9. The van der Waals surface area contributed by atoms with Crippen LogP contribution >= 0.6 is 23.2 Å². The number of amides is 2. The number of carbonyl (C=O) groups excluding carboxylic acids is 2. The number of furan rings is 1. The average molecular weight is 353 g/mol. The third kappa shape index (κ3) is 4.61. The molecule has 2 rings (SSSR count). The minimum absolute atomic E-state index is 0.368. The van der Waals surface area contributed by atoms with E-state index in [9.17, 15) is 9.59 Å². The Kier molecular flexibility index (Phi) is 5.47. The molecule has 0 unspecified atom stereocenters. The zero-order chi connectivity index (χ0) is 17.0. The van der Waals surface area contributed by atoms with Crippen molar-refractivity contribution in [3.63, 3.8) is 0 Å².